The van der Waals surface area contributed by atoms with Gasteiger partial charge in [0, 0.05) is 48.0 Å². The minimum atomic E-state index is -3.15. The Balaban J connectivity index is 1.30. The van der Waals surface area contributed by atoms with E-state index in [1.54, 1.807) is 30.7 Å². The average molecular weight is 691 g/mol. The van der Waals surface area contributed by atoms with Gasteiger partial charge >= 0.3 is 18.0 Å². The Kier molecular flexibility index (Phi) is 10.6. The first-order valence-corrected chi connectivity index (χ1v) is 14.8. The zero-order valence-electron chi connectivity index (χ0n) is 25.2. The number of aromatic nitrogens is 5. The number of pyridine rings is 1. The Bertz CT molecular complexity index is 1640. The Morgan fingerprint density at radius 2 is 1.81 bits per heavy atom. The first kappa shape index (κ1) is 34.7. The molecule has 2 amide bonds. The van der Waals surface area contributed by atoms with Crippen LogP contribution in [0.3, 0.4) is 0 Å². The fourth-order valence-corrected chi connectivity index (χ4v) is 5.34. The minimum absolute atomic E-state index is 0.0353. The number of urea groups is 1. The van der Waals surface area contributed by atoms with Crippen molar-refractivity contribution in [2.75, 3.05) is 23.9 Å². The summed E-state index contributed by atoms with van der Waals surface area (Å²) >= 11 is 6.12. The Hall–Kier alpha value is -4.63. The Morgan fingerprint density at radius 3 is 2.42 bits per heavy atom. The standard InChI is InChI=1S/C28H32ClFN10O8/c1-47-25-34-9-15(10-35-25)14-2-7-21(32-8-14)40(26(42)36-12-20(30)41)17-5-3-16(4-6-17)37-24-33-11-18-23(38-24)22(31)19(29)13-39(27(43)44)48-28(18,45)46/h2,7-11,13,16-17,20,27,31,41,43-46H,3-6,12H2,1H3,(H,36,42)(H,33,37,38)/b19-13+,31-22?/t16-,17-,20?. The summed E-state index contributed by atoms with van der Waals surface area (Å²) in [6.45, 7) is -0.607. The van der Waals surface area contributed by atoms with Crippen molar-refractivity contribution >= 4 is 35.1 Å². The highest BCUT2D eigenvalue weighted by atomic mass is 35.5. The zero-order chi connectivity index (χ0) is 34.6. The summed E-state index contributed by atoms with van der Waals surface area (Å²) < 4.78 is 18.2. The summed E-state index contributed by atoms with van der Waals surface area (Å²) in [5.41, 5.74) is 0.124. The molecule has 1 saturated carbocycles. The van der Waals surface area contributed by atoms with E-state index in [-0.39, 0.29) is 39.8 Å². The molecular formula is C28H32ClFN10O8. The molecule has 0 saturated heterocycles. The van der Waals surface area contributed by atoms with E-state index in [1.807, 2.05) is 0 Å². The van der Waals surface area contributed by atoms with Crippen molar-refractivity contribution in [3.05, 3.63) is 59.4 Å². The minimum Gasteiger partial charge on any atom is -0.467 e. The molecule has 1 aliphatic carbocycles. The molecule has 1 aliphatic heterocycles. The van der Waals surface area contributed by atoms with Crippen LogP contribution in [0.1, 0.15) is 36.9 Å². The van der Waals surface area contributed by atoms with Gasteiger partial charge < -0.3 is 40.9 Å². The molecule has 5 rings (SSSR count). The van der Waals surface area contributed by atoms with E-state index in [9.17, 15) is 29.6 Å². The van der Waals surface area contributed by atoms with Gasteiger partial charge in [0.15, 0.2) is 0 Å². The number of hydroxylamine groups is 2. The SMILES string of the molecule is COc1ncc(-c2ccc(N(C(=O)NCC(O)F)[C@H]3CC[C@H](Nc4ncc5c(n4)C(=N)/C(Cl)=C\N(C(O)O)OC5(O)O)CC3)nc2)cn1. The number of methoxy groups -OCH3 is 1. The molecule has 1 atom stereocenters. The number of aliphatic hydroxyl groups is 5. The molecule has 256 valence electrons. The van der Waals surface area contributed by atoms with Gasteiger partial charge in [0.05, 0.1) is 30.5 Å². The van der Waals surface area contributed by atoms with Gasteiger partial charge in [-0.05, 0) is 37.8 Å². The van der Waals surface area contributed by atoms with E-state index in [0.29, 0.717) is 42.6 Å². The third kappa shape index (κ3) is 7.90. The fraction of sp³-hybridized carbons (Fsp3) is 0.393. The van der Waals surface area contributed by atoms with Crippen LogP contribution in [0.25, 0.3) is 11.1 Å². The van der Waals surface area contributed by atoms with Crippen LogP contribution in [0.2, 0.25) is 0 Å². The number of halogens is 2. The number of carbonyl (C=O) groups is 1. The maximum atomic E-state index is 13.2. The molecule has 18 nitrogen and oxygen atoms in total. The predicted molar refractivity (Wildman–Crippen MR) is 165 cm³/mol. The third-order valence-electron chi connectivity index (χ3n) is 7.49. The van der Waals surface area contributed by atoms with Gasteiger partial charge in [0.2, 0.25) is 12.3 Å². The van der Waals surface area contributed by atoms with Crippen molar-refractivity contribution in [1.82, 2.24) is 35.3 Å². The topological polar surface area (TPSA) is 256 Å². The molecule has 1 unspecified atom stereocenters. The predicted octanol–water partition coefficient (Wildman–Crippen LogP) is 0.623. The lowest BCUT2D eigenvalue weighted by Gasteiger charge is -2.36. The second-order valence-corrected chi connectivity index (χ2v) is 11.1. The molecule has 8 N–H and O–H groups in total. The molecule has 0 bridgehead atoms. The van der Waals surface area contributed by atoms with E-state index in [2.05, 4.69) is 35.6 Å². The Labute approximate surface area is 277 Å². The highest BCUT2D eigenvalue weighted by molar-refractivity contribution is 6.45. The van der Waals surface area contributed by atoms with Gasteiger partial charge in [0.1, 0.15) is 17.2 Å². The number of alkyl halides is 1. The monoisotopic (exact) mass is 690 g/mol. The second-order valence-electron chi connectivity index (χ2n) is 10.7. The molecule has 2 aliphatic rings. The largest absolute Gasteiger partial charge is 0.467 e. The number of hydrogen-bond donors (Lipinski definition) is 8. The zero-order valence-corrected chi connectivity index (χ0v) is 26.0. The van der Waals surface area contributed by atoms with Crippen LogP contribution in [-0.2, 0) is 10.8 Å². The first-order valence-electron chi connectivity index (χ1n) is 14.5. The number of carbonyl (C=O) groups excluding carboxylic acids is 1. The van der Waals surface area contributed by atoms with Crippen molar-refractivity contribution in [2.24, 2.45) is 0 Å². The van der Waals surface area contributed by atoms with Crippen LogP contribution < -0.4 is 20.3 Å². The number of fused-ring (bicyclic) bond motifs is 1. The van der Waals surface area contributed by atoms with Gasteiger partial charge in [-0.15, -0.1) is 0 Å². The lowest BCUT2D eigenvalue weighted by atomic mass is 9.90. The van der Waals surface area contributed by atoms with Crippen LogP contribution in [-0.4, -0.2) is 106 Å². The lowest BCUT2D eigenvalue weighted by molar-refractivity contribution is -0.456. The van der Waals surface area contributed by atoms with Gasteiger partial charge in [-0.25, -0.2) is 38.9 Å². The quantitative estimate of drug-likeness (QED) is 0.143. The first-order chi connectivity index (χ1) is 22.9. The third-order valence-corrected chi connectivity index (χ3v) is 7.78. The molecular weight excluding hydrogens is 659 g/mol. The van der Waals surface area contributed by atoms with Crippen LogP contribution in [0, 0.1) is 5.41 Å². The Morgan fingerprint density at radius 1 is 1.12 bits per heavy atom. The number of rotatable bonds is 9. The van der Waals surface area contributed by atoms with Crippen molar-refractivity contribution in [3.63, 3.8) is 0 Å². The van der Waals surface area contributed by atoms with Gasteiger partial charge in [-0.3, -0.25) is 10.3 Å². The summed E-state index contributed by atoms with van der Waals surface area (Å²) in [6, 6.07) is 2.38. The van der Waals surface area contributed by atoms with Gasteiger partial charge in [0.25, 0.3) is 6.41 Å². The highest BCUT2D eigenvalue weighted by Crippen LogP contribution is 2.32. The van der Waals surface area contributed by atoms with Crippen molar-refractivity contribution < 1.29 is 44.3 Å². The molecule has 0 spiro atoms. The van der Waals surface area contributed by atoms with E-state index in [1.165, 1.54) is 12.0 Å². The van der Waals surface area contributed by atoms with Gasteiger partial charge in [-0.2, -0.15) is 5.06 Å². The van der Waals surface area contributed by atoms with Crippen LogP contribution in [0.5, 0.6) is 6.01 Å². The summed E-state index contributed by atoms with van der Waals surface area (Å²) in [5, 5.41) is 62.7. The number of allylic oxidation sites excluding steroid dienone is 1. The van der Waals surface area contributed by atoms with Crippen molar-refractivity contribution in [2.45, 2.75) is 56.5 Å². The van der Waals surface area contributed by atoms with E-state index < -0.39 is 42.6 Å². The van der Waals surface area contributed by atoms with Gasteiger partial charge in [-0.1, -0.05) is 11.6 Å². The molecule has 0 radical (unpaired) electrons. The number of nitrogens with zero attached hydrogens (tertiary/aromatic N) is 7. The van der Waals surface area contributed by atoms with E-state index >= 15 is 0 Å². The number of amides is 2. The van der Waals surface area contributed by atoms with Crippen LogP contribution in [0.4, 0.5) is 21.0 Å². The van der Waals surface area contributed by atoms with Crippen molar-refractivity contribution in [1.29, 1.82) is 5.41 Å². The van der Waals surface area contributed by atoms with E-state index in [0.717, 1.165) is 12.4 Å². The molecule has 4 heterocycles. The lowest BCUT2D eigenvalue weighted by Crippen LogP contribution is -2.50. The smallest absolute Gasteiger partial charge is 0.332 e. The normalized spacial score (nSPS) is 20.9. The maximum Gasteiger partial charge on any atom is 0.332 e. The highest BCUT2D eigenvalue weighted by Gasteiger charge is 2.39. The molecule has 3 aromatic rings. The van der Waals surface area contributed by atoms with Crippen molar-refractivity contribution in [3.8, 4) is 17.1 Å². The van der Waals surface area contributed by atoms with Crippen LogP contribution in [0.15, 0.2) is 48.2 Å². The van der Waals surface area contributed by atoms with Crippen LogP contribution >= 0.6 is 11.6 Å². The molecule has 3 aromatic heterocycles. The molecule has 1 fully saturated rings. The summed E-state index contributed by atoms with van der Waals surface area (Å²) in [4.78, 5) is 40.5. The number of nitrogens with one attached hydrogen (secondary N) is 3. The second kappa shape index (κ2) is 14.6. The summed E-state index contributed by atoms with van der Waals surface area (Å²) in [6.07, 6.45) is 3.86. The molecule has 0 aromatic carbocycles. The average Bonchev–Trinajstić information content (AvgIpc) is 3.07. The number of hydrogen-bond acceptors (Lipinski definition) is 16. The molecule has 20 heteroatoms. The van der Waals surface area contributed by atoms with E-state index in [4.69, 9.17) is 31.7 Å². The number of ether oxygens (including phenoxy) is 1. The maximum absolute atomic E-state index is 13.2. The summed E-state index contributed by atoms with van der Waals surface area (Å²) in [7, 11) is 1.45. The summed E-state index contributed by atoms with van der Waals surface area (Å²) in [5.74, 6) is -2.81. The number of aliphatic hydroxyl groups excluding tert-OH is 2. The molecule has 48 heavy (non-hydrogen) atoms. The number of anilines is 2. The fourth-order valence-electron chi connectivity index (χ4n) is 5.15.